The van der Waals surface area contributed by atoms with Crippen LogP contribution in [0.5, 0.6) is 0 Å². The molecule has 0 aromatic heterocycles. The summed E-state index contributed by atoms with van der Waals surface area (Å²) in [6.07, 6.45) is 8.90. The highest BCUT2D eigenvalue weighted by Gasteiger charge is 2.45. The van der Waals surface area contributed by atoms with E-state index in [2.05, 4.69) is 33.9 Å². The Morgan fingerprint density at radius 1 is 1.22 bits per heavy atom. The van der Waals surface area contributed by atoms with Gasteiger partial charge < -0.3 is 13.9 Å². The second-order valence-electron chi connectivity index (χ2n) is 12.6. The molecule has 1 saturated heterocycles. The Bertz CT molecular complexity index is 898. The first-order valence-corrected chi connectivity index (χ1v) is 16.6. The summed E-state index contributed by atoms with van der Waals surface area (Å²) in [6.45, 7) is 16.9. The Labute approximate surface area is 218 Å². The summed E-state index contributed by atoms with van der Waals surface area (Å²) in [7, 11) is -2.00. The van der Waals surface area contributed by atoms with E-state index in [0.717, 1.165) is 18.4 Å². The van der Waals surface area contributed by atoms with E-state index in [4.69, 9.17) is 13.9 Å². The molecule has 7 unspecified atom stereocenters. The van der Waals surface area contributed by atoms with Crippen molar-refractivity contribution in [3.05, 3.63) is 23.8 Å². The predicted octanol–water partition coefficient (Wildman–Crippen LogP) is 6.16. The van der Waals surface area contributed by atoms with Gasteiger partial charge in [0.05, 0.1) is 18.4 Å². The van der Waals surface area contributed by atoms with Crippen molar-refractivity contribution in [2.75, 3.05) is 0 Å². The maximum atomic E-state index is 12.8. The topological polar surface area (TPSA) is 78.9 Å². The van der Waals surface area contributed by atoms with Gasteiger partial charge in [0.2, 0.25) is 0 Å². The molecule has 7 atom stereocenters. The van der Waals surface area contributed by atoms with Gasteiger partial charge in [0.15, 0.2) is 14.1 Å². The SMILES string of the molecule is CCC(C)C(=O)OC1CC=CC2=CC(=O)C(C)C(CCC3CC(O[Si](C)(C)C(C)(C)C)CC(=O)O3)C21. The van der Waals surface area contributed by atoms with Crippen molar-refractivity contribution in [2.24, 2.45) is 23.7 Å². The van der Waals surface area contributed by atoms with E-state index >= 15 is 0 Å². The second kappa shape index (κ2) is 11.3. The van der Waals surface area contributed by atoms with Crippen LogP contribution in [0.3, 0.4) is 0 Å². The van der Waals surface area contributed by atoms with E-state index in [1.165, 1.54) is 0 Å². The number of hydrogen-bond donors (Lipinski definition) is 0. The summed E-state index contributed by atoms with van der Waals surface area (Å²) >= 11 is 0. The third-order valence-corrected chi connectivity index (χ3v) is 13.5. The first-order valence-electron chi connectivity index (χ1n) is 13.7. The Morgan fingerprint density at radius 3 is 2.56 bits per heavy atom. The first-order chi connectivity index (χ1) is 16.7. The Hall–Kier alpha value is -1.73. The third-order valence-electron chi connectivity index (χ3n) is 8.92. The molecular weight excluding hydrogens is 472 g/mol. The molecule has 3 aliphatic rings. The van der Waals surface area contributed by atoms with Crippen molar-refractivity contribution in [3.63, 3.8) is 0 Å². The number of rotatable bonds is 8. The summed E-state index contributed by atoms with van der Waals surface area (Å²) in [6, 6.07) is 0. The molecule has 1 fully saturated rings. The van der Waals surface area contributed by atoms with E-state index < -0.39 is 8.32 Å². The van der Waals surface area contributed by atoms with Crippen LogP contribution in [0.1, 0.15) is 80.1 Å². The molecule has 0 saturated carbocycles. The maximum Gasteiger partial charge on any atom is 0.308 e. The Balaban J connectivity index is 1.72. The van der Waals surface area contributed by atoms with Crippen LogP contribution >= 0.6 is 0 Å². The first kappa shape index (κ1) is 28.8. The Morgan fingerprint density at radius 2 is 1.92 bits per heavy atom. The number of hydrogen-bond acceptors (Lipinski definition) is 6. The summed E-state index contributed by atoms with van der Waals surface area (Å²) in [5.74, 6) is -0.578. The molecule has 6 nitrogen and oxygen atoms in total. The largest absolute Gasteiger partial charge is 0.462 e. The molecule has 3 rings (SSSR count). The molecule has 1 heterocycles. The lowest BCUT2D eigenvalue weighted by Crippen LogP contribution is -2.47. The number of ketones is 1. The third kappa shape index (κ3) is 6.57. The minimum absolute atomic E-state index is 0.0192. The molecule has 2 aliphatic carbocycles. The van der Waals surface area contributed by atoms with Gasteiger partial charge in [-0.1, -0.05) is 53.7 Å². The van der Waals surface area contributed by atoms with E-state index in [1.807, 2.05) is 32.9 Å². The number of ether oxygens (including phenoxy) is 2. The van der Waals surface area contributed by atoms with E-state index in [1.54, 1.807) is 6.08 Å². The van der Waals surface area contributed by atoms with Crippen LogP contribution in [0.4, 0.5) is 0 Å². The number of esters is 2. The number of carbonyl (C=O) groups is 3. The van der Waals surface area contributed by atoms with Crippen molar-refractivity contribution in [2.45, 2.75) is 117 Å². The fraction of sp³-hybridized carbons (Fsp3) is 0.759. The normalized spacial score (nSPS) is 31.8. The highest BCUT2D eigenvalue weighted by molar-refractivity contribution is 6.74. The van der Waals surface area contributed by atoms with Gasteiger partial charge in [0.1, 0.15) is 12.2 Å². The van der Waals surface area contributed by atoms with Gasteiger partial charge in [0.25, 0.3) is 0 Å². The van der Waals surface area contributed by atoms with Crippen molar-refractivity contribution < 1.29 is 28.3 Å². The highest BCUT2D eigenvalue weighted by atomic mass is 28.4. The van der Waals surface area contributed by atoms with E-state index in [9.17, 15) is 14.4 Å². The molecule has 0 aromatic rings. The molecule has 0 spiro atoms. The van der Waals surface area contributed by atoms with Crippen molar-refractivity contribution in [1.82, 2.24) is 0 Å². The maximum absolute atomic E-state index is 12.8. The monoisotopic (exact) mass is 518 g/mol. The quantitative estimate of drug-likeness (QED) is 0.283. The molecular formula is C29H46O6Si. The average Bonchev–Trinajstić information content (AvgIpc) is 2.77. The molecule has 0 radical (unpaired) electrons. The lowest BCUT2D eigenvalue weighted by atomic mass is 9.65. The van der Waals surface area contributed by atoms with Crippen LogP contribution in [0, 0.1) is 23.7 Å². The fourth-order valence-corrected chi connectivity index (χ4v) is 6.73. The number of allylic oxidation sites excluding steroid dienone is 2. The van der Waals surface area contributed by atoms with Gasteiger partial charge in [-0.2, -0.15) is 0 Å². The number of fused-ring (bicyclic) bond motifs is 1. The smallest absolute Gasteiger partial charge is 0.308 e. The molecule has 7 heteroatoms. The van der Waals surface area contributed by atoms with Crippen LogP contribution < -0.4 is 0 Å². The van der Waals surface area contributed by atoms with Gasteiger partial charge in [-0.3, -0.25) is 14.4 Å². The fourth-order valence-electron chi connectivity index (χ4n) is 5.36. The lowest BCUT2D eigenvalue weighted by molar-refractivity contribution is -0.162. The highest BCUT2D eigenvalue weighted by Crippen LogP contribution is 2.44. The van der Waals surface area contributed by atoms with Crippen molar-refractivity contribution in [3.8, 4) is 0 Å². The van der Waals surface area contributed by atoms with Gasteiger partial charge in [0, 0.05) is 24.7 Å². The number of carbonyl (C=O) groups excluding carboxylic acids is 3. The molecule has 0 amide bonds. The minimum atomic E-state index is -2.00. The van der Waals surface area contributed by atoms with Crippen LogP contribution in [0.25, 0.3) is 0 Å². The zero-order chi connectivity index (χ0) is 26.8. The summed E-state index contributed by atoms with van der Waals surface area (Å²) < 4.78 is 18.3. The Kier molecular flexibility index (Phi) is 9.08. The predicted molar refractivity (Wildman–Crippen MR) is 143 cm³/mol. The second-order valence-corrected chi connectivity index (χ2v) is 17.3. The van der Waals surface area contributed by atoms with Crippen molar-refractivity contribution in [1.29, 1.82) is 0 Å². The van der Waals surface area contributed by atoms with Crippen LogP contribution in [-0.2, 0) is 28.3 Å². The molecule has 0 bridgehead atoms. The van der Waals surface area contributed by atoms with E-state index in [0.29, 0.717) is 25.7 Å². The standard InChI is InChI=1S/C29H46O6Si/c1-9-18(2)28(32)34-25-12-10-11-20-15-24(30)19(3)23(27(20)25)14-13-21-16-22(17-26(31)33-21)35-36(7,8)29(4,5)6/h10-11,15,18-19,21-23,25,27H,9,12-14,16-17H2,1-8H3. The van der Waals surface area contributed by atoms with Gasteiger partial charge in [-0.05, 0) is 55.0 Å². The van der Waals surface area contributed by atoms with Gasteiger partial charge in [-0.25, -0.2) is 0 Å². The molecule has 1 aliphatic heterocycles. The molecule has 36 heavy (non-hydrogen) atoms. The minimum Gasteiger partial charge on any atom is -0.462 e. The van der Waals surface area contributed by atoms with E-state index in [-0.39, 0.29) is 64.7 Å². The zero-order valence-corrected chi connectivity index (χ0v) is 24.5. The zero-order valence-electron chi connectivity index (χ0n) is 23.5. The van der Waals surface area contributed by atoms with Gasteiger partial charge in [-0.15, -0.1) is 0 Å². The van der Waals surface area contributed by atoms with Crippen LogP contribution in [0.2, 0.25) is 18.1 Å². The molecule has 202 valence electrons. The lowest BCUT2D eigenvalue weighted by Gasteiger charge is -2.43. The molecule has 0 aromatic carbocycles. The number of cyclic esters (lactones) is 1. The average molecular weight is 519 g/mol. The summed E-state index contributed by atoms with van der Waals surface area (Å²) in [4.78, 5) is 37.9. The summed E-state index contributed by atoms with van der Waals surface area (Å²) in [5.41, 5.74) is 0.955. The van der Waals surface area contributed by atoms with Crippen molar-refractivity contribution >= 4 is 26.0 Å². The molecule has 0 N–H and O–H groups in total. The van der Waals surface area contributed by atoms with Crippen LogP contribution in [-0.4, -0.2) is 44.4 Å². The van der Waals surface area contributed by atoms with Gasteiger partial charge >= 0.3 is 11.9 Å². The summed E-state index contributed by atoms with van der Waals surface area (Å²) in [5, 5.41) is 0.0701. The van der Waals surface area contributed by atoms with Crippen LogP contribution in [0.15, 0.2) is 23.8 Å².